The Morgan fingerprint density at radius 2 is 1.83 bits per heavy atom. The molecule has 1 saturated heterocycles. The van der Waals surface area contributed by atoms with Gasteiger partial charge in [0.05, 0.1) is 11.6 Å². The Hall–Kier alpha value is -2.70. The summed E-state index contributed by atoms with van der Waals surface area (Å²) in [5.41, 5.74) is 1.87. The molecule has 0 aliphatic carbocycles. The summed E-state index contributed by atoms with van der Waals surface area (Å²) in [4.78, 5) is 31.8. The van der Waals surface area contributed by atoms with Gasteiger partial charge in [-0.15, -0.1) is 0 Å². The molecule has 2 amide bonds. The van der Waals surface area contributed by atoms with Crippen LogP contribution in [0, 0.1) is 5.92 Å². The minimum absolute atomic E-state index is 0.233. The molecule has 6 nitrogen and oxygen atoms in total. The van der Waals surface area contributed by atoms with Crippen LogP contribution in [0.1, 0.15) is 38.3 Å². The molecule has 1 fully saturated rings. The quantitative estimate of drug-likeness (QED) is 0.694. The fraction of sp³-hybridized carbons (Fsp3) is 0.348. The standard InChI is InChI=1S/C23H24ClN3O3/c1-15-20(17-11-7-8-12-18(17)24)25-30-21(15)22(29)27-19(28)13-23(2,3)26(27)14-16-9-5-4-6-10-16/h4-12,15,21H,13-14H2,1-3H3/t15-,21-/m0/s1. The Balaban J connectivity index is 1.58. The number of oxime groups is 1. The van der Waals surface area contributed by atoms with Crippen molar-refractivity contribution < 1.29 is 14.4 Å². The predicted molar refractivity (Wildman–Crippen MR) is 115 cm³/mol. The molecule has 0 N–H and O–H groups in total. The van der Waals surface area contributed by atoms with Gasteiger partial charge >= 0.3 is 0 Å². The number of carbonyl (C=O) groups excluding carboxylic acids is 2. The Bertz CT molecular complexity index is 1010. The Morgan fingerprint density at radius 1 is 1.17 bits per heavy atom. The minimum Gasteiger partial charge on any atom is -0.381 e. The highest BCUT2D eigenvalue weighted by Gasteiger charge is 2.51. The van der Waals surface area contributed by atoms with Gasteiger partial charge in [-0.1, -0.05) is 72.2 Å². The van der Waals surface area contributed by atoms with Crippen LogP contribution >= 0.6 is 11.6 Å². The summed E-state index contributed by atoms with van der Waals surface area (Å²) in [6.07, 6.45) is -0.627. The average molecular weight is 426 g/mol. The molecule has 7 heteroatoms. The van der Waals surface area contributed by atoms with E-state index in [0.717, 1.165) is 11.1 Å². The molecule has 0 spiro atoms. The number of carbonyl (C=O) groups is 2. The van der Waals surface area contributed by atoms with E-state index < -0.39 is 17.6 Å². The lowest BCUT2D eigenvalue weighted by Gasteiger charge is -2.36. The van der Waals surface area contributed by atoms with E-state index >= 15 is 0 Å². The van der Waals surface area contributed by atoms with Crippen LogP contribution in [0.25, 0.3) is 0 Å². The second-order valence-electron chi connectivity index (χ2n) is 8.35. The lowest BCUT2D eigenvalue weighted by Crippen LogP contribution is -2.53. The third kappa shape index (κ3) is 3.61. The molecule has 0 aromatic heterocycles. The van der Waals surface area contributed by atoms with Gasteiger partial charge in [0, 0.05) is 29.1 Å². The lowest BCUT2D eigenvalue weighted by molar-refractivity contribution is -0.170. The highest BCUT2D eigenvalue weighted by atomic mass is 35.5. The second kappa shape index (κ2) is 7.85. The molecular weight excluding hydrogens is 402 g/mol. The zero-order chi connectivity index (χ0) is 21.5. The van der Waals surface area contributed by atoms with E-state index in [4.69, 9.17) is 16.4 Å². The van der Waals surface area contributed by atoms with Gasteiger partial charge in [-0.2, -0.15) is 0 Å². The van der Waals surface area contributed by atoms with Crippen molar-refractivity contribution in [2.45, 2.75) is 45.4 Å². The van der Waals surface area contributed by atoms with Crippen molar-refractivity contribution in [3.05, 3.63) is 70.7 Å². The lowest BCUT2D eigenvalue weighted by atomic mass is 9.93. The van der Waals surface area contributed by atoms with E-state index in [-0.39, 0.29) is 18.2 Å². The fourth-order valence-electron chi connectivity index (χ4n) is 4.00. The number of amides is 2. The van der Waals surface area contributed by atoms with Crippen LogP contribution in [0.5, 0.6) is 0 Å². The molecule has 2 atom stereocenters. The summed E-state index contributed by atoms with van der Waals surface area (Å²) < 4.78 is 0. The Morgan fingerprint density at radius 3 is 2.53 bits per heavy atom. The number of hydrogen-bond donors (Lipinski definition) is 0. The third-order valence-corrected chi connectivity index (χ3v) is 6.02. The van der Waals surface area contributed by atoms with Crippen molar-refractivity contribution in [3.63, 3.8) is 0 Å². The molecule has 2 aliphatic heterocycles. The molecule has 0 unspecified atom stereocenters. The topological polar surface area (TPSA) is 62.2 Å². The van der Waals surface area contributed by atoms with Crippen LogP contribution < -0.4 is 0 Å². The van der Waals surface area contributed by atoms with Crippen LogP contribution in [0.2, 0.25) is 5.02 Å². The maximum Gasteiger partial charge on any atom is 0.288 e. The normalized spacial score (nSPS) is 23.4. The molecule has 0 bridgehead atoms. The first-order valence-electron chi connectivity index (χ1n) is 9.96. The number of halogens is 1. The van der Waals surface area contributed by atoms with Crippen LogP contribution in [0.15, 0.2) is 59.8 Å². The monoisotopic (exact) mass is 425 g/mol. The molecule has 0 saturated carbocycles. The van der Waals surface area contributed by atoms with Gasteiger partial charge in [0.2, 0.25) is 12.0 Å². The number of hydrazine groups is 1. The summed E-state index contributed by atoms with van der Waals surface area (Å²) in [5.74, 6) is -0.977. The van der Waals surface area contributed by atoms with Crippen molar-refractivity contribution >= 4 is 29.1 Å². The molecule has 2 aliphatic rings. The third-order valence-electron chi connectivity index (χ3n) is 5.69. The van der Waals surface area contributed by atoms with E-state index in [0.29, 0.717) is 17.3 Å². The molecule has 4 rings (SSSR count). The molecule has 2 aromatic carbocycles. The minimum atomic E-state index is -0.882. The summed E-state index contributed by atoms with van der Waals surface area (Å²) >= 11 is 6.30. The van der Waals surface area contributed by atoms with Gasteiger partial charge in [-0.3, -0.25) is 9.59 Å². The van der Waals surface area contributed by atoms with Gasteiger partial charge in [-0.05, 0) is 25.5 Å². The molecule has 30 heavy (non-hydrogen) atoms. The molecular formula is C23H24ClN3O3. The fourth-order valence-corrected chi connectivity index (χ4v) is 4.23. The molecule has 2 heterocycles. The van der Waals surface area contributed by atoms with Crippen molar-refractivity contribution in [2.24, 2.45) is 11.1 Å². The predicted octanol–water partition coefficient (Wildman–Crippen LogP) is 4.03. The first-order chi connectivity index (χ1) is 14.3. The van der Waals surface area contributed by atoms with E-state index in [2.05, 4.69) is 5.16 Å². The van der Waals surface area contributed by atoms with E-state index in [1.165, 1.54) is 5.01 Å². The molecule has 0 radical (unpaired) electrons. The zero-order valence-electron chi connectivity index (χ0n) is 17.2. The van der Waals surface area contributed by atoms with Crippen molar-refractivity contribution in [2.75, 3.05) is 0 Å². The van der Waals surface area contributed by atoms with Gasteiger partial charge in [0.15, 0.2) is 0 Å². The largest absolute Gasteiger partial charge is 0.381 e. The summed E-state index contributed by atoms with van der Waals surface area (Å²) in [6, 6.07) is 17.1. The SMILES string of the molecule is C[C@H]1C(c2ccccc2Cl)=NO[C@@H]1C(=O)N1C(=O)CC(C)(C)N1Cc1ccccc1. The maximum absolute atomic E-state index is 13.5. The number of imide groups is 1. The second-order valence-corrected chi connectivity index (χ2v) is 8.75. The van der Waals surface area contributed by atoms with Crippen molar-refractivity contribution in [3.8, 4) is 0 Å². The highest BCUT2D eigenvalue weighted by Crippen LogP contribution is 2.35. The van der Waals surface area contributed by atoms with Crippen LogP contribution in [0.4, 0.5) is 0 Å². The first kappa shape index (κ1) is 20.6. The van der Waals surface area contributed by atoms with E-state index in [1.54, 1.807) is 6.07 Å². The first-order valence-corrected chi connectivity index (χ1v) is 10.3. The number of rotatable bonds is 4. The van der Waals surface area contributed by atoms with Gasteiger partial charge in [0.25, 0.3) is 5.91 Å². The summed E-state index contributed by atoms with van der Waals surface area (Å²) in [6.45, 7) is 6.24. The Kier molecular flexibility index (Phi) is 5.38. The number of hydrogen-bond acceptors (Lipinski definition) is 5. The average Bonchev–Trinajstić information content (AvgIpc) is 3.19. The summed E-state index contributed by atoms with van der Waals surface area (Å²) in [7, 11) is 0. The van der Waals surface area contributed by atoms with Crippen LogP contribution in [-0.4, -0.2) is 39.2 Å². The van der Waals surface area contributed by atoms with Crippen LogP contribution in [-0.2, 0) is 21.0 Å². The smallest absolute Gasteiger partial charge is 0.288 e. The number of benzene rings is 2. The van der Waals surface area contributed by atoms with Crippen LogP contribution in [0.3, 0.4) is 0 Å². The zero-order valence-corrected chi connectivity index (χ0v) is 18.0. The van der Waals surface area contributed by atoms with E-state index in [1.807, 2.05) is 74.3 Å². The Labute approximate surface area is 181 Å². The molecule has 156 valence electrons. The van der Waals surface area contributed by atoms with Gasteiger partial charge in [0.1, 0.15) is 0 Å². The van der Waals surface area contributed by atoms with Gasteiger partial charge in [-0.25, -0.2) is 10.0 Å². The van der Waals surface area contributed by atoms with Crippen molar-refractivity contribution in [1.82, 2.24) is 10.0 Å². The summed E-state index contributed by atoms with van der Waals surface area (Å²) in [5, 5.41) is 7.77. The highest BCUT2D eigenvalue weighted by molar-refractivity contribution is 6.34. The van der Waals surface area contributed by atoms with E-state index in [9.17, 15) is 9.59 Å². The maximum atomic E-state index is 13.5. The van der Waals surface area contributed by atoms with Gasteiger partial charge < -0.3 is 4.84 Å². The number of nitrogens with zero attached hydrogens (tertiary/aromatic N) is 3. The molecule has 2 aromatic rings. The van der Waals surface area contributed by atoms with Crippen molar-refractivity contribution in [1.29, 1.82) is 0 Å².